The Morgan fingerprint density at radius 3 is 1.54 bits per heavy atom. The molecule has 0 N–H and O–H groups in total. The van der Waals surface area contributed by atoms with E-state index in [9.17, 15) is 8.78 Å². The Balaban J connectivity index is 1.43. The van der Waals surface area contributed by atoms with Crippen LogP contribution in [-0.4, -0.2) is 0 Å². The smallest absolute Gasteiger partial charge is 0.142 e. The SMILES string of the molecule is C=CCCc1cc(F)c(C#Cc2ccc(-c3ccc(C#Cc4ccc(CCC)cc4)cc3)cc2)c(F)c1. The molecule has 0 radical (unpaired) electrons. The van der Waals surface area contributed by atoms with Gasteiger partial charge in [0.15, 0.2) is 0 Å². The molecule has 2 heteroatoms. The van der Waals surface area contributed by atoms with Crippen LogP contribution in [0.2, 0.25) is 0 Å². The molecule has 0 fully saturated rings. The lowest BCUT2D eigenvalue weighted by molar-refractivity contribution is 0.574. The van der Waals surface area contributed by atoms with E-state index in [2.05, 4.69) is 61.4 Å². The zero-order valence-electron chi connectivity index (χ0n) is 21.0. The molecule has 0 aliphatic rings. The van der Waals surface area contributed by atoms with Gasteiger partial charge in [-0.25, -0.2) is 8.78 Å². The van der Waals surface area contributed by atoms with Crippen molar-refractivity contribution in [3.8, 4) is 34.8 Å². The second kappa shape index (κ2) is 12.5. The van der Waals surface area contributed by atoms with Crippen LogP contribution in [0.3, 0.4) is 0 Å². The summed E-state index contributed by atoms with van der Waals surface area (Å²) < 4.78 is 28.8. The second-order valence-corrected chi connectivity index (χ2v) is 8.86. The summed E-state index contributed by atoms with van der Waals surface area (Å²) in [6.45, 7) is 5.82. The molecule has 4 aromatic rings. The van der Waals surface area contributed by atoms with Crippen molar-refractivity contribution >= 4 is 0 Å². The maximum atomic E-state index is 14.4. The number of rotatable bonds is 6. The fourth-order valence-corrected chi connectivity index (χ4v) is 3.97. The summed E-state index contributed by atoms with van der Waals surface area (Å²) >= 11 is 0. The zero-order chi connectivity index (χ0) is 26.0. The van der Waals surface area contributed by atoms with Gasteiger partial charge in [0.1, 0.15) is 11.6 Å². The number of benzene rings is 4. The molecule has 4 rings (SSSR count). The maximum Gasteiger partial charge on any atom is 0.142 e. The van der Waals surface area contributed by atoms with E-state index in [1.54, 1.807) is 6.08 Å². The molecular weight excluding hydrogens is 458 g/mol. The molecule has 0 aliphatic heterocycles. The van der Waals surface area contributed by atoms with Crippen LogP contribution in [0, 0.1) is 35.3 Å². The van der Waals surface area contributed by atoms with Crippen LogP contribution in [0.1, 0.15) is 53.1 Å². The van der Waals surface area contributed by atoms with Crippen molar-refractivity contribution in [2.75, 3.05) is 0 Å². The first kappa shape index (κ1) is 25.7. The Labute approximate surface area is 218 Å². The molecule has 0 saturated heterocycles. The first-order chi connectivity index (χ1) is 18.1. The summed E-state index contributed by atoms with van der Waals surface area (Å²) in [6, 6.07) is 26.8. The summed E-state index contributed by atoms with van der Waals surface area (Å²) in [4.78, 5) is 0. The highest BCUT2D eigenvalue weighted by Crippen LogP contribution is 2.21. The quantitative estimate of drug-likeness (QED) is 0.189. The fourth-order valence-electron chi connectivity index (χ4n) is 3.97. The summed E-state index contributed by atoms with van der Waals surface area (Å²) in [5.74, 6) is 10.7. The van der Waals surface area contributed by atoms with Crippen molar-refractivity contribution < 1.29 is 8.78 Å². The van der Waals surface area contributed by atoms with E-state index in [4.69, 9.17) is 0 Å². The van der Waals surface area contributed by atoms with Crippen LogP contribution in [0.4, 0.5) is 8.78 Å². The van der Waals surface area contributed by atoms with Gasteiger partial charge in [0.2, 0.25) is 0 Å². The first-order valence-electron chi connectivity index (χ1n) is 12.5. The van der Waals surface area contributed by atoms with E-state index < -0.39 is 11.6 Å². The molecule has 0 aromatic heterocycles. The fraction of sp³-hybridized carbons (Fsp3) is 0.143. The van der Waals surface area contributed by atoms with Crippen molar-refractivity contribution in [2.45, 2.75) is 32.6 Å². The molecule has 0 unspecified atom stereocenters. The molecule has 0 amide bonds. The summed E-state index contributed by atoms with van der Waals surface area (Å²) in [5.41, 5.74) is 6.45. The maximum absolute atomic E-state index is 14.4. The summed E-state index contributed by atoms with van der Waals surface area (Å²) in [6.07, 6.45) is 5.17. The molecular formula is C35H28F2. The largest absolute Gasteiger partial charge is 0.206 e. The predicted octanol–water partition coefficient (Wildman–Crippen LogP) is 8.50. The lowest BCUT2D eigenvalue weighted by Crippen LogP contribution is -1.95. The van der Waals surface area contributed by atoms with Crippen molar-refractivity contribution in [1.82, 2.24) is 0 Å². The molecule has 0 heterocycles. The summed E-state index contributed by atoms with van der Waals surface area (Å²) in [7, 11) is 0. The highest BCUT2D eigenvalue weighted by atomic mass is 19.1. The average molecular weight is 487 g/mol. The van der Waals surface area contributed by atoms with E-state index in [1.165, 1.54) is 17.7 Å². The van der Waals surface area contributed by atoms with E-state index in [0.717, 1.165) is 35.1 Å². The van der Waals surface area contributed by atoms with Crippen LogP contribution < -0.4 is 0 Å². The summed E-state index contributed by atoms with van der Waals surface area (Å²) in [5, 5.41) is 0. The highest BCUT2D eigenvalue weighted by Gasteiger charge is 2.09. The minimum absolute atomic E-state index is 0.208. The van der Waals surface area contributed by atoms with E-state index >= 15 is 0 Å². The van der Waals surface area contributed by atoms with Crippen molar-refractivity contribution in [3.63, 3.8) is 0 Å². The number of hydrogen-bond acceptors (Lipinski definition) is 0. The topological polar surface area (TPSA) is 0 Å². The molecule has 37 heavy (non-hydrogen) atoms. The Hall–Kier alpha value is -4.40. The normalized spacial score (nSPS) is 10.1. The van der Waals surface area contributed by atoms with Crippen LogP contribution in [0.25, 0.3) is 11.1 Å². The zero-order valence-corrected chi connectivity index (χ0v) is 21.0. The van der Waals surface area contributed by atoms with Gasteiger partial charge in [0.25, 0.3) is 0 Å². The Bertz CT molecular complexity index is 1460. The standard InChI is InChI=1S/C35H28F2/c1-3-5-7-30-24-34(36)33(35(37)25-30)23-18-29-16-21-32(22-17-29)31-19-14-28(15-20-31)13-12-27-10-8-26(6-4-2)9-11-27/h3,8-11,14-17,19-22,24-25H,1,4-7H2,2H3. The number of halogens is 2. The second-order valence-electron chi connectivity index (χ2n) is 8.86. The van der Waals surface area contributed by atoms with Gasteiger partial charge in [0.05, 0.1) is 5.56 Å². The third kappa shape index (κ3) is 7.07. The molecule has 0 atom stereocenters. The third-order valence-corrected chi connectivity index (χ3v) is 6.02. The molecule has 0 aliphatic carbocycles. The van der Waals surface area contributed by atoms with Crippen molar-refractivity contribution in [3.05, 3.63) is 143 Å². The van der Waals surface area contributed by atoms with Gasteiger partial charge in [-0.3, -0.25) is 0 Å². The average Bonchev–Trinajstić information content (AvgIpc) is 2.92. The van der Waals surface area contributed by atoms with Gasteiger partial charge in [-0.05, 0) is 90.0 Å². The minimum atomic E-state index is -0.639. The van der Waals surface area contributed by atoms with Gasteiger partial charge >= 0.3 is 0 Å². The van der Waals surface area contributed by atoms with Crippen LogP contribution in [0.5, 0.6) is 0 Å². The van der Waals surface area contributed by atoms with Gasteiger partial charge in [-0.2, -0.15) is 0 Å². The predicted molar refractivity (Wildman–Crippen MR) is 149 cm³/mol. The number of allylic oxidation sites excluding steroid dienone is 1. The first-order valence-corrected chi connectivity index (χ1v) is 12.5. The van der Waals surface area contributed by atoms with E-state index in [-0.39, 0.29) is 5.56 Å². The van der Waals surface area contributed by atoms with Gasteiger partial charge in [-0.1, -0.05) is 79.5 Å². The number of aryl methyl sites for hydroxylation is 2. The van der Waals surface area contributed by atoms with Gasteiger partial charge in [-0.15, -0.1) is 6.58 Å². The Morgan fingerprint density at radius 1 is 0.622 bits per heavy atom. The molecule has 0 nitrogen and oxygen atoms in total. The van der Waals surface area contributed by atoms with Crippen molar-refractivity contribution in [1.29, 1.82) is 0 Å². The van der Waals surface area contributed by atoms with Gasteiger partial charge < -0.3 is 0 Å². The molecule has 0 saturated carbocycles. The lowest BCUT2D eigenvalue weighted by atomic mass is 10.0. The Morgan fingerprint density at radius 2 is 1.08 bits per heavy atom. The lowest BCUT2D eigenvalue weighted by Gasteiger charge is -2.03. The minimum Gasteiger partial charge on any atom is -0.206 e. The van der Waals surface area contributed by atoms with E-state index in [0.29, 0.717) is 24.0 Å². The van der Waals surface area contributed by atoms with Crippen LogP contribution in [-0.2, 0) is 12.8 Å². The molecule has 0 spiro atoms. The van der Waals surface area contributed by atoms with Crippen LogP contribution >= 0.6 is 0 Å². The van der Waals surface area contributed by atoms with Crippen molar-refractivity contribution in [2.24, 2.45) is 0 Å². The molecule has 4 aromatic carbocycles. The Kier molecular flexibility index (Phi) is 8.70. The highest BCUT2D eigenvalue weighted by molar-refractivity contribution is 5.65. The van der Waals surface area contributed by atoms with E-state index in [1.807, 2.05) is 48.5 Å². The van der Waals surface area contributed by atoms with Crippen LogP contribution in [0.15, 0.2) is 97.6 Å². The number of hydrogen-bond donors (Lipinski definition) is 0. The molecule has 182 valence electrons. The third-order valence-electron chi connectivity index (χ3n) is 6.02. The van der Waals surface area contributed by atoms with Gasteiger partial charge in [0, 0.05) is 16.7 Å². The monoisotopic (exact) mass is 486 g/mol. The molecule has 0 bridgehead atoms.